The Labute approximate surface area is 93.4 Å². The van der Waals surface area contributed by atoms with Crippen molar-refractivity contribution in [3.05, 3.63) is 30.7 Å². The zero-order valence-corrected chi connectivity index (χ0v) is 12.0. The quantitative estimate of drug-likeness (QED) is 0.799. The maximum absolute atomic E-state index is 5.29. The molecule has 0 aromatic carbocycles. The molecular formula is C11H14N2OSn. The second kappa shape index (κ2) is 3.96. The SMILES string of the molecule is [CH3][Sn]([CH3])([CH3])[c]1ccnc(-c2ccco2)n1. The van der Waals surface area contributed by atoms with E-state index in [9.17, 15) is 0 Å². The number of nitrogens with zero attached hydrogens (tertiary/aromatic N) is 2. The van der Waals surface area contributed by atoms with Gasteiger partial charge in [-0.05, 0) is 0 Å². The van der Waals surface area contributed by atoms with Crippen molar-refractivity contribution >= 4 is 22.1 Å². The van der Waals surface area contributed by atoms with Gasteiger partial charge in [-0.1, -0.05) is 0 Å². The van der Waals surface area contributed by atoms with Gasteiger partial charge in [0.25, 0.3) is 0 Å². The second-order valence-electron chi connectivity index (χ2n) is 4.49. The maximum atomic E-state index is 5.29. The van der Waals surface area contributed by atoms with Gasteiger partial charge in [-0.3, -0.25) is 0 Å². The van der Waals surface area contributed by atoms with Crippen molar-refractivity contribution in [2.75, 3.05) is 0 Å². The molecule has 0 aliphatic heterocycles. The average Bonchev–Trinajstić information content (AvgIpc) is 2.69. The van der Waals surface area contributed by atoms with Crippen LogP contribution in [0.4, 0.5) is 0 Å². The number of rotatable bonds is 2. The summed E-state index contributed by atoms with van der Waals surface area (Å²) < 4.78 is 6.51. The number of hydrogen-bond acceptors (Lipinski definition) is 3. The van der Waals surface area contributed by atoms with Gasteiger partial charge in [0.05, 0.1) is 0 Å². The van der Waals surface area contributed by atoms with Gasteiger partial charge >= 0.3 is 93.5 Å². The summed E-state index contributed by atoms with van der Waals surface area (Å²) in [5.41, 5.74) is 0. The summed E-state index contributed by atoms with van der Waals surface area (Å²) >= 11 is -2.09. The van der Waals surface area contributed by atoms with Crippen molar-refractivity contribution < 1.29 is 4.42 Å². The van der Waals surface area contributed by atoms with Gasteiger partial charge in [0.1, 0.15) is 0 Å². The summed E-state index contributed by atoms with van der Waals surface area (Å²) in [6.45, 7) is 0. The summed E-state index contributed by atoms with van der Waals surface area (Å²) in [7, 11) is 0. The zero-order valence-electron chi connectivity index (χ0n) is 9.19. The molecule has 0 N–H and O–H groups in total. The summed E-state index contributed by atoms with van der Waals surface area (Å²) in [6.07, 6.45) is 3.47. The van der Waals surface area contributed by atoms with Gasteiger partial charge in [-0.25, -0.2) is 0 Å². The van der Waals surface area contributed by atoms with Crippen molar-refractivity contribution in [2.24, 2.45) is 0 Å². The van der Waals surface area contributed by atoms with E-state index < -0.39 is 18.4 Å². The molecule has 4 heteroatoms. The number of aromatic nitrogens is 2. The van der Waals surface area contributed by atoms with Gasteiger partial charge < -0.3 is 0 Å². The van der Waals surface area contributed by atoms with Crippen molar-refractivity contribution in [1.29, 1.82) is 0 Å². The fraction of sp³-hybridized carbons (Fsp3) is 0.273. The Hall–Kier alpha value is -0.841. The molecule has 0 bridgehead atoms. The molecule has 0 aliphatic carbocycles. The van der Waals surface area contributed by atoms with Crippen molar-refractivity contribution in [2.45, 2.75) is 14.8 Å². The Kier molecular flexibility index (Phi) is 2.82. The molecule has 3 nitrogen and oxygen atoms in total. The molecule has 2 aromatic rings. The summed E-state index contributed by atoms with van der Waals surface area (Å²) in [6, 6.07) is 5.77. The number of hydrogen-bond donors (Lipinski definition) is 0. The molecule has 0 amide bonds. The topological polar surface area (TPSA) is 38.9 Å². The van der Waals surface area contributed by atoms with E-state index in [1.54, 1.807) is 6.26 Å². The van der Waals surface area contributed by atoms with Gasteiger partial charge in [0.2, 0.25) is 0 Å². The first-order valence-corrected chi connectivity index (χ1v) is 14.9. The fourth-order valence-corrected chi connectivity index (χ4v) is 4.20. The van der Waals surface area contributed by atoms with Crippen LogP contribution in [0.25, 0.3) is 11.6 Å². The molecule has 0 radical (unpaired) electrons. The zero-order chi connectivity index (χ0) is 10.9. The fourth-order valence-electron chi connectivity index (χ4n) is 1.30. The third-order valence-corrected chi connectivity index (χ3v) is 7.35. The van der Waals surface area contributed by atoms with E-state index in [0.717, 1.165) is 5.76 Å². The Morgan fingerprint density at radius 3 is 2.60 bits per heavy atom. The molecule has 0 saturated carbocycles. The molecule has 15 heavy (non-hydrogen) atoms. The van der Waals surface area contributed by atoms with Crippen molar-refractivity contribution in [1.82, 2.24) is 9.97 Å². The first kappa shape index (κ1) is 10.7. The van der Waals surface area contributed by atoms with E-state index in [4.69, 9.17) is 4.42 Å². The average molecular weight is 309 g/mol. The molecule has 2 aromatic heterocycles. The summed E-state index contributed by atoms with van der Waals surface area (Å²) in [5, 5.41) is 0. The van der Waals surface area contributed by atoms with E-state index in [1.165, 1.54) is 3.71 Å². The number of furan rings is 1. The predicted octanol–water partition coefficient (Wildman–Crippen LogP) is 2.28. The molecule has 0 saturated heterocycles. The van der Waals surface area contributed by atoms with Crippen LogP contribution in [0.5, 0.6) is 0 Å². The molecule has 0 unspecified atom stereocenters. The van der Waals surface area contributed by atoms with Crippen LogP contribution in [-0.4, -0.2) is 28.3 Å². The Morgan fingerprint density at radius 2 is 2.00 bits per heavy atom. The summed E-state index contributed by atoms with van der Waals surface area (Å²) in [4.78, 5) is 15.8. The Bertz CT molecular complexity index is 446. The standard InChI is InChI=1S/C8H5N2O.3CH3.Sn/c1-3-7(11-6-1)8-9-4-2-5-10-8;;;;/h1-4,6H;3*1H3;. The molecule has 2 heterocycles. The van der Waals surface area contributed by atoms with Crippen LogP contribution in [0, 0.1) is 0 Å². The molecular weight excluding hydrogens is 295 g/mol. The van der Waals surface area contributed by atoms with Crippen molar-refractivity contribution in [3.63, 3.8) is 0 Å². The van der Waals surface area contributed by atoms with E-state index in [2.05, 4.69) is 24.8 Å². The molecule has 0 spiro atoms. The van der Waals surface area contributed by atoms with Crippen LogP contribution < -0.4 is 3.71 Å². The second-order valence-corrected chi connectivity index (χ2v) is 18.8. The van der Waals surface area contributed by atoms with E-state index in [1.807, 2.05) is 24.4 Å². The van der Waals surface area contributed by atoms with E-state index >= 15 is 0 Å². The third-order valence-electron chi connectivity index (χ3n) is 2.17. The van der Waals surface area contributed by atoms with E-state index in [0.29, 0.717) is 5.82 Å². The van der Waals surface area contributed by atoms with Crippen molar-refractivity contribution in [3.8, 4) is 11.6 Å². The molecule has 0 aliphatic rings. The first-order valence-electron chi connectivity index (χ1n) is 4.95. The van der Waals surface area contributed by atoms with Gasteiger partial charge in [-0.2, -0.15) is 0 Å². The van der Waals surface area contributed by atoms with Crippen LogP contribution in [0.15, 0.2) is 35.1 Å². The van der Waals surface area contributed by atoms with Gasteiger partial charge in [-0.15, -0.1) is 0 Å². The Morgan fingerprint density at radius 1 is 1.20 bits per heavy atom. The van der Waals surface area contributed by atoms with Crippen LogP contribution in [0.3, 0.4) is 0 Å². The van der Waals surface area contributed by atoms with Gasteiger partial charge in [0, 0.05) is 0 Å². The Balaban J connectivity index is 2.44. The van der Waals surface area contributed by atoms with Gasteiger partial charge in [0.15, 0.2) is 0 Å². The monoisotopic (exact) mass is 310 g/mol. The minimum absolute atomic E-state index is 0.698. The van der Waals surface area contributed by atoms with E-state index in [-0.39, 0.29) is 0 Å². The minimum atomic E-state index is -2.09. The normalized spacial score (nSPS) is 11.7. The van der Waals surface area contributed by atoms with Crippen LogP contribution in [0.1, 0.15) is 0 Å². The van der Waals surface area contributed by atoms with Crippen LogP contribution in [-0.2, 0) is 0 Å². The summed E-state index contributed by atoms with van der Waals surface area (Å²) in [5.74, 6) is 1.44. The molecule has 2 rings (SSSR count). The van der Waals surface area contributed by atoms with Crippen LogP contribution in [0.2, 0.25) is 14.8 Å². The molecule has 0 fully saturated rings. The molecule has 0 atom stereocenters. The molecule has 78 valence electrons. The van der Waals surface area contributed by atoms with Crippen LogP contribution >= 0.6 is 0 Å². The predicted molar refractivity (Wildman–Crippen MR) is 62.7 cm³/mol. The first-order chi connectivity index (χ1) is 7.07. The third kappa shape index (κ3) is 2.39.